The molecule has 21 heavy (non-hydrogen) atoms. The molecule has 1 aliphatic heterocycles. The van der Waals surface area contributed by atoms with Gasteiger partial charge in [0.1, 0.15) is 6.61 Å². The highest BCUT2D eigenvalue weighted by Crippen LogP contribution is 2.26. The average Bonchev–Trinajstić information content (AvgIpc) is 2.62. The van der Waals surface area contributed by atoms with E-state index in [1.807, 2.05) is 29.2 Å². The summed E-state index contributed by atoms with van der Waals surface area (Å²) in [4.78, 5) is 1.96. The zero-order valence-electron chi connectivity index (χ0n) is 11.4. The molecule has 0 saturated heterocycles. The van der Waals surface area contributed by atoms with Gasteiger partial charge in [-0.3, -0.25) is 0 Å². The average molecular weight is 302 g/mol. The summed E-state index contributed by atoms with van der Waals surface area (Å²) >= 11 is 0. The van der Waals surface area contributed by atoms with Gasteiger partial charge in [0.2, 0.25) is 0 Å². The Morgan fingerprint density at radius 3 is 2.76 bits per heavy atom. The fraction of sp³-hybridized carbons (Fsp3) is 0.500. The number of fused-ring (bicyclic) bond motifs is 1. The number of para-hydroxylation sites is 1. The molecule has 0 atom stereocenters. The van der Waals surface area contributed by atoms with Gasteiger partial charge in [-0.2, -0.15) is 13.2 Å². The molecule has 1 aromatic rings. The molecule has 1 aromatic carbocycles. The molecule has 0 aliphatic carbocycles. The molecule has 116 valence electrons. The lowest BCUT2D eigenvalue weighted by Gasteiger charge is -2.24. The first-order valence-electron chi connectivity index (χ1n) is 6.71. The van der Waals surface area contributed by atoms with Gasteiger partial charge in [0.05, 0.1) is 12.3 Å². The first-order valence-corrected chi connectivity index (χ1v) is 6.71. The molecule has 0 unspecified atom stereocenters. The summed E-state index contributed by atoms with van der Waals surface area (Å²) < 4.78 is 40.8. The van der Waals surface area contributed by atoms with Crippen molar-refractivity contribution in [3.8, 4) is 0 Å². The molecule has 0 fully saturated rings. The third-order valence-corrected chi connectivity index (χ3v) is 3.29. The van der Waals surface area contributed by atoms with Crippen LogP contribution in [0.2, 0.25) is 0 Å². The van der Waals surface area contributed by atoms with Crippen molar-refractivity contribution in [1.82, 2.24) is 0 Å². The van der Waals surface area contributed by atoms with Crippen LogP contribution in [0.15, 0.2) is 29.4 Å². The maximum atomic E-state index is 12.0. The number of halogens is 3. The van der Waals surface area contributed by atoms with Crippen LogP contribution in [0.3, 0.4) is 0 Å². The third-order valence-electron chi connectivity index (χ3n) is 3.29. The molecule has 1 aliphatic rings. The van der Waals surface area contributed by atoms with E-state index in [0.29, 0.717) is 25.2 Å². The van der Waals surface area contributed by atoms with Crippen LogP contribution in [0.5, 0.6) is 0 Å². The maximum absolute atomic E-state index is 12.0. The summed E-state index contributed by atoms with van der Waals surface area (Å²) in [6.45, 7) is -0.178. The van der Waals surface area contributed by atoms with E-state index in [-0.39, 0.29) is 6.61 Å². The van der Waals surface area contributed by atoms with Gasteiger partial charge in [-0.1, -0.05) is 23.4 Å². The Hall–Kier alpha value is -1.76. The SMILES string of the molecule is O/N=C1/CCCN(CCOCC(F)(F)F)c2ccccc21. The van der Waals surface area contributed by atoms with E-state index in [2.05, 4.69) is 9.89 Å². The fourth-order valence-corrected chi connectivity index (χ4v) is 2.38. The molecule has 0 aromatic heterocycles. The van der Waals surface area contributed by atoms with Crippen LogP contribution in [0, 0.1) is 0 Å². The lowest BCUT2D eigenvalue weighted by atomic mass is 10.1. The van der Waals surface area contributed by atoms with Gasteiger partial charge in [0.15, 0.2) is 0 Å². The van der Waals surface area contributed by atoms with Gasteiger partial charge < -0.3 is 14.8 Å². The first kappa shape index (κ1) is 15.6. The Morgan fingerprint density at radius 1 is 1.29 bits per heavy atom. The molecule has 0 amide bonds. The van der Waals surface area contributed by atoms with E-state index >= 15 is 0 Å². The number of oxime groups is 1. The highest BCUT2D eigenvalue weighted by molar-refractivity contribution is 6.05. The minimum Gasteiger partial charge on any atom is -0.411 e. The predicted octanol–water partition coefficient (Wildman–Crippen LogP) is 3.04. The van der Waals surface area contributed by atoms with Gasteiger partial charge in [-0.15, -0.1) is 0 Å². The molecule has 1 heterocycles. The topological polar surface area (TPSA) is 45.1 Å². The van der Waals surface area contributed by atoms with Crippen LogP contribution in [0.25, 0.3) is 0 Å². The lowest BCUT2D eigenvalue weighted by molar-refractivity contribution is -0.173. The molecular formula is C14H17F3N2O2. The van der Waals surface area contributed by atoms with Crippen molar-refractivity contribution in [3.63, 3.8) is 0 Å². The van der Waals surface area contributed by atoms with Crippen molar-refractivity contribution in [3.05, 3.63) is 29.8 Å². The number of anilines is 1. The molecule has 0 spiro atoms. The van der Waals surface area contributed by atoms with E-state index in [9.17, 15) is 13.2 Å². The molecule has 7 heteroatoms. The van der Waals surface area contributed by atoms with E-state index in [1.165, 1.54) is 0 Å². The largest absolute Gasteiger partial charge is 0.411 e. The Bertz CT molecular complexity index is 503. The minimum absolute atomic E-state index is 0.000550. The zero-order valence-corrected chi connectivity index (χ0v) is 11.4. The predicted molar refractivity (Wildman–Crippen MR) is 73.1 cm³/mol. The summed E-state index contributed by atoms with van der Waals surface area (Å²) in [5, 5.41) is 12.4. The Labute approximate surface area is 120 Å². The lowest BCUT2D eigenvalue weighted by Crippen LogP contribution is -2.29. The smallest absolute Gasteiger partial charge is 0.411 e. The van der Waals surface area contributed by atoms with Crippen LogP contribution in [-0.2, 0) is 4.74 Å². The number of nitrogens with zero attached hydrogens (tertiary/aromatic N) is 2. The molecule has 0 saturated carbocycles. The number of ether oxygens (including phenoxy) is 1. The van der Waals surface area contributed by atoms with Crippen molar-refractivity contribution in [1.29, 1.82) is 0 Å². The van der Waals surface area contributed by atoms with E-state index < -0.39 is 12.8 Å². The number of hydrogen-bond donors (Lipinski definition) is 1. The van der Waals surface area contributed by atoms with Crippen LogP contribution in [-0.4, -0.2) is 43.4 Å². The second-order valence-electron chi connectivity index (χ2n) is 4.82. The molecular weight excluding hydrogens is 285 g/mol. The van der Waals surface area contributed by atoms with Gasteiger partial charge >= 0.3 is 6.18 Å². The molecule has 0 radical (unpaired) electrons. The maximum Gasteiger partial charge on any atom is 0.411 e. The normalized spacial score (nSPS) is 17.7. The molecule has 2 rings (SSSR count). The summed E-state index contributed by atoms with van der Waals surface area (Å²) in [5.74, 6) is 0. The van der Waals surface area contributed by atoms with Gasteiger partial charge in [-0.25, -0.2) is 0 Å². The molecule has 4 nitrogen and oxygen atoms in total. The van der Waals surface area contributed by atoms with Crippen LogP contribution >= 0.6 is 0 Å². The monoisotopic (exact) mass is 302 g/mol. The summed E-state index contributed by atoms with van der Waals surface area (Å²) in [6, 6.07) is 7.41. The van der Waals surface area contributed by atoms with E-state index in [1.54, 1.807) is 0 Å². The van der Waals surface area contributed by atoms with Crippen molar-refractivity contribution in [2.75, 3.05) is 31.2 Å². The Balaban J connectivity index is 2.03. The molecule has 1 N–H and O–H groups in total. The third kappa shape index (κ3) is 4.35. The van der Waals surface area contributed by atoms with Gasteiger partial charge in [-0.05, 0) is 18.9 Å². The van der Waals surface area contributed by atoms with Crippen LogP contribution in [0.4, 0.5) is 18.9 Å². The van der Waals surface area contributed by atoms with Gasteiger partial charge in [0, 0.05) is 24.3 Å². The van der Waals surface area contributed by atoms with Crippen molar-refractivity contribution < 1.29 is 23.1 Å². The summed E-state index contributed by atoms with van der Waals surface area (Å²) in [5.41, 5.74) is 2.27. The molecule has 0 bridgehead atoms. The van der Waals surface area contributed by atoms with E-state index in [4.69, 9.17) is 5.21 Å². The number of rotatable bonds is 4. The summed E-state index contributed by atoms with van der Waals surface area (Å²) in [6.07, 6.45) is -2.89. The number of alkyl halides is 3. The second-order valence-corrected chi connectivity index (χ2v) is 4.82. The highest BCUT2D eigenvalue weighted by Gasteiger charge is 2.27. The standard InChI is InChI=1S/C14H17F3N2O2/c15-14(16,17)10-21-9-8-19-7-3-5-12(18-20)11-4-1-2-6-13(11)19/h1-2,4,6,20H,3,5,7-10H2/b18-12-. The fourth-order valence-electron chi connectivity index (χ4n) is 2.38. The van der Waals surface area contributed by atoms with Crippen molar-refractivity contribution in [2.24, 2.45) is 5.16 Å². The number of benzene rings is 1. The Morgan fingerprint density at radius 2 is 2.05 bits per heavy atom. The first-order chi connectivity index (χ1) is 10.0. The zero-order chi connectivity index (χ0) is 15.3. The number of hydrogen-bond acceptors (Lipinski definition) is 4. The Kier molecular flexibility index (Phi) is 5.06. The quantitative estimate of drug-likeness (QED) is 0.528. The second kappa shape index (κ2) is 6.80. The van der Waals surface area contributed by atoms with Crippen molar-refractivity contribution in [2.45, 2.75) is 19.0 Å². The van der Waals surface area contributed by atoms with Crippen LogP contribution < -0.4 is 4.90 Å². The van der Waals surface area contributed by atoms with Crippen molar-refractivity contribution >= 4 is 11.4 Å². The highest BCUT2D eigenvalue weighted by atomic mass is 19.4. The van der Waals surface area contributed by atoms with Crippen LogP contribution in [0.1, 0.15) is 18.4 Å². The minimum atomic E-state index is -4.30. The summed E-state index contributed by atoms with van der Waals surface area (Å²) in [7, 11) is 0. The van der Waals surface area contributed by atoms with E-state index in [0.717, 1.165) is 17.7 Å². The van der Waals surface area contributed by atoms with Gasteiger partial charge in [0.25, 0.3) is 0 Å².